The van der Waals surface area contributed by atoms with Crippen molar-refractivity contribution in [2.24, 2.45) is 0 Å². The third-order valence-electron chi connectivity index (χ3n) is 4.35. The van der Waals surface area contributed by atoms with Gasteiger partial charge < -0.3 is 9.30 Å². The van der Waals surface area contributed by atoms with Crippen LogP contribution in [-0.2, 0) is 11.3 Å². The molecular weight excluding hydrogens is 391 g/mol. The standard InChI is InChI=1S/C18H18F3N5O3/c1-9-5-11(3)26-17(22-9)23-15(24-26)16(28)29-7-14(27)13-6-10(2)25(12(13)4)8-18(19,20)21/h5-6H,7-8H2,1-4H3. The molecule has 11 heteroatoms. The van der Waals surface area contributed by atoms with Gasteiger partial charge in [0.05, 0.1) is 0 Å². The van der Waals surface area contributed by atoms with E-state index >= 15 is 0 Å². The Bertz CT molecular complexity index is 1110. The van der Waals surface area contributed by atoms with Gasteiger partial charge in [0.1, 0.15) is 6.54 Å². The fraction of sp³-hybridized carbons (Fsp3) is 0.389. The van der Waals surface area contributed by atoms with Crippen LogP contribution >= 0.6 is 0 Å². The van der Waals surface area contributed by atoms with Crippen molar-refractivity contribution < 1.29 is 27.5 Å². The topological polar surface area (TPSA) is 91.4 Å². The Hall–Kier alpha value is -3.24. The minimum atomic E-state index is -4.42. The van der Waals surface area contributed by atoms with Crippen molar-refractivity contribution in [3.8, 4) is 0 Å². The van der Waals surface area contributed by atoms with Gasteiger partial charge in [-0.25, -0.2) is 14.3 Å². The van der Waals surface area contributed by atoms with E-state index in [1.165, 1.54) is 24.4 Å². The number of fused-ring (bicyclic) bond motifs is 1. The highest BCUT2D eigenvalue weighted by Crippen LogP contribution is 2.23. The van der Waals surface area contributed by atoms with Crippen molar-refractivity contribution in [1.29, 1.82) is 0 Å². The van der Waals surface area contributed by atoms with E-state index in [1.807, 2.05) is 0 Å². The molecule has 0 aliphatic carbocycles. The summed E-state index contributed by atoms with van der Waals surface area (Å²) in [6.07, 6.45) is -4.42. The molecule has 0 radical (unpaired) electrons. The number of aromatic nitrogens is 5. The molecule has 0 N–H and O–H groups in total. The van der Waals surface area contributed by atoms with Crippen LogP contribution in [0.15, 0.2) is 12.1 Å². The number of aryl methyl sites for hydroxylation is 3. The van der Waals surface area contributed by atoms with Gasteiger partial charge in [-0.15, -0.1) is 5.10 Å². The molecule has 29 heavy (non-hydrogen) atoms. The zero-order valence-electron chi connectivity index (χ0n) is 16.2. The minimum absolute atomic E-state index is 0.0654. The van der Waals surface area contributed by atoms with Crippen LogP contribution in [0.5, 0.6) is 0 Å². The number of Topliss-reactive ketones (excluding diaryl/α,β-unsaturated/α-hetero) is 1. The molecule has 0 amide bonds. The largest absolute Gasteiger partial charge is 0.451 e. The van der Waals surface area contributed by atoms with E-state index in [-0.39, 0.29) is 28.6 Å². The van der Waals surface area contributed by atoms with Crippen LogP contribution in [-0.4, -0.2) is 48.7 Å². The average Bonchev–Trinajstić information content (AvgIpc) is 3.15. The molecule has 0 aromatic carbocycles. The first-order valence-corrected chi connectivity index (χ1v) is 8.61. The third-order valence-corrected chi connectivity index (χ3v) is 4.35. The smallest absolute Gasteiger partial charge is 0.406 e. The minimum Gasteiger partial charge on any atom is -0.451 e. The van der Waals surface area contributed by atoms with E-state index in [4.69, 9.17) is 4.74 Å². The third kappa shape index (κ3) is 4.28. The molecule has 0 saturated carbocycles. The Balaban J connectivity index is 1.73. The molecule has 0 fully saturated rings. The monoisotopic (exact) mass is 409 g/mol. The molecule has 0 atom stereocenters. The Labute approximate surface area is 163 Å². The second-order valence-corrected chi connectivity index (χ2v) is 6.67. The lowest BCUT2D eigenvalue weighted by molar-refractivity contribution is -0.141. The number of hydrogen-bond acceptors (Lipinski definition) is 6. The second kappa shape index (κ2) is 7.30. The van der Waals surface area contributed by atoms with E-state index in [0.717, 1.165) is 4.57 Å². The maximum Gasteiger partial charge on any atom is 0.406 e. The molecule has 154 valence electrons. The number of ether oxygens (including phenoxy) is 1. The first kappa shape index (κ1) is 20.5. The van der Waals surface area contributed by atoms with Crippen molar-refractivity contribution in [3.63, 3.8) is 0 Å². The summed E-state index contributed by atoms with van der Waals surface area (Å²) in [4.78, 5) is 32.7. The molecule has 0 aliphatic heterocycles. The second-order valence-electron chi connectivity index (χ2n) is 6.67. The Morgan fingerprint density at radius 3 is 2.41 bits per heavy atom. The quantitative estimate of drug-likeness (QED) is 0.475. The van der Waals surface area contributed by atoms with Crippen LogP contribution in [0.4, 0.5) is 13.2 Å². The summed E-state index contributed by atoms with van der Waals surface area (Å²) in [5.41, 5.74) is 1.92. The molecule has 0 unspecified atom stereocenters. The van der Waals surface area contributed by atoms with Crippen LogP contribution in [0, 0.1) is 27.7 Å². The number of esters is 1. The molecule has 0 saturated heterocycles. The average molecular weight is 409 g/mol. The molecular formula is C18H18F3N5O3. The summed E-state index contributed by atoms with van der Waals surface area (Å²) in [5, 5.41) is 4.01. The molecule has 3 heterocycles. The van der Waals surface area contributed by atoms with Crippen molar-refractivity contribution >= 4 is 17.5 Å². The van der Waals surface area contributed by atoms with E-state index in [0.29, 0.717) is 11.4 Å². The number of nitrogens with zero attached hydrogens (tertiary/aromatic N) is 5. The SMILES string of the molecule is Cc1cc(C)n2nc(C(=O)OCC(=O)c3cc(C)n(CC(F)(F)F)c3C)nc2n1. The lowest BCUT2D eigenvalue weighted by Crippen LogP contribution is -2.20. The number of alkyl halides is 3. The van der Waals surface area contributed by atoms with E-state index in [1.54, 1.807) is 19.9 Å². The normalized spacial score (nSPS) is 11.8. The Morgan fingerprint density at radius 1 is 1.07 bits per heavy atom. The first-order chi connectivity index (χ1) is 13.5. The summed E-state index contributed by atoms with van der Waals surface area (Å²) in [6, 6.07) is 3.10. The van der Waals surface area contributed by atoms with Gasteiger partial charge in [-0.05, 0) is 39.8 Å². The zero-order chi connectivity index (χ0) is 21.5. The number of ketones is 1. The van der Waals surface area contributed by atoms with Gasteiger partial charge in [0.2, 0.25) is 5.78 Å². The number of carbonyl (C=O) groups excluding carboxylic acids is 2. The van der Waals surface area contributed by atoms with Crippen molar-refractivity contribution in [2.75, 3.05) is 6.61 Å². The van der Waals surface area contributed by atoms with Gasteiger partial charge in [0.25, 0.3) is 11.6 Å². The van der Waals surface area contributed by atoms with Gasteiger partial charge >= 0.3 is 12.1 Å². The predicted octanol–water partition coefficient (Wildman–Crippen LogP) is 2.76. The zero-order valence-corrected chi connectivity index (χ0v) is 16.2. The Kier molecular flexibility index (Phi) is 5.16. The molecule has 3 aromatic rings. The molecule has 3 rings (SSSR count). The fourth-order valence-corrected chi connectivity index (χ4v) is 3.03. The summed E-state index contributed by atoms with van der Waals surface area (Å²) in [5.74, 6) is -1.59. The van der Waals surface area contributed by atoms with E-state index in [9.17, 15) is 22.8 Å². The van der Waals surface area contributed by atoms with Gasteiger partial charge in [0.15, 0.2) is 6.61 Å². The maximum atomic E-state index is 12.7. The van der Waals surface area contributed by atoms with Gasteiger partial charge in [-0.3, -0.25) is 4.79 Å². The van der Waals surface area contributed by atoms with Gasteiger partial charge in [-0.2, -0.15) is 18.2 Å². The summed E-state index contributed by atoms with van der Waals surface area (Å²) < 4.78 is 45.4. The Morgan fingerprint density at radius 2 is 1.76 bits per heavy atom. The summed E-state index contributed by atoms with van der Waals surface area (Å²) >= 11 is 0. The predicted molar refractivity (Wildman–Crippen MR) is 94.8 cm³/mol. The van der Waals surface area contributed by atoms with Crippen molar-refractivity contribution in [3.05, 3.63) is 46.3 Å². The van der Waals surface area contributed by atoms with Crippen molar-refractivity contribution in [2.45, 2.75) is 40.4 Å². The maximum absolute atomic E-state index is 12.7. The highest BCUT2D eigenvalue weighted by molar-refractivity contribution is 6.00. The molecule has 8 nitrogen and oxygen atoms in total. The molecule has 0 bridgehead atoms. The lowest BCUT2D eigenvalue weighted by atomic mass is 10.1. The van der Waals surface area contributed by atoms with Crippen LogP contribution < -0.4 is 0 Å². The first-order valence-electron chi connectivity index (χ1n) is 8.61. The van der Waals surface area contributed by atoms with E-state index in [2.05, 4.69) is 15.1 Å². The highest BCUT2D eigenvalue weighted by atomic mass is 19.4. The number of carbonyl (C=O) groups is 2. The van der Waals surface area contributed by atoms with Crippen LogP contribution in [0.3, 0.4) is 0 Å². The van der Waals surface area contributed by atoms with Crippen LogP contribution in [0.2, 0.25) is 0 Å². The molecule has 0 aliphatic rings. The molecule has 0 spiro atoms. The number of hydrogen-bond donors (Lipinski definition) is 0. The van der Waals surface area contributed by atoms with Gasteiger partial charge in [0, 0.05) is 28.3 Å². The van der Waals surface area contributed by atoms with Crippen molar-refractivity contribution in [1.82, 2.24) is 24.1 Å². The number of rotatable bonds is 5. The van der Waals surface area contributed by atoms with Crippen LogP contribution in [0.25, 0.3) is 5.78 Å². The number of halogens is 3. The van der Waals surface area contributed by atoms with E-state index < -0.39 is 31.1 Å². The summed E-state index contributed by atoms with van der Waals surface area (Å²) in [6.45, 7) is 4.58. The van der Waals surface area contributed by atoms with Gasteiger partial charge in [-0.1, -0.05) is 0 Å². The van der Waals surface area contributed by atoms with Crippen LogP contribution in [0.1, 0.15) is 43.8 Å². The molecule has 3 aromatic heterocycles. The fourth-order valence-electron chi connectivity index (χ4n) is 3.03. The summed E-state index contributed by atoms with van der Waals surface area (Å²) in [7, 11) is 0. The lowest BCUT2D eigenvalue weighted by Gasteiger charge is -2.12. The highest BCUT2D eigenvalue weighted by Gasteiger charge is 2.30.